The number of hydrogen-bond acceptors (Lipinski definition) is 7. The third-order valence-corrected chi connectivity index (χ3v) is 6.52. The molecule has 220 valence electrons. The van der Waals surface area contributed by atoms with Crippen molar-refractivity contribution in [2.45, 2.75) is 44.9 Å². The van der Waals surface area contributed by atoms with E-state index in [-0.39, 0.29) is 12.8 Å². The predicted octanol–water partition coefficient (Wildman–Crippen LogP) is 5.55. The molecule has 4 rings (SSSR count). The minimum Gasteiger partial charge on any atom is -0.467 e. The van der Waals surface area contributed by atoms with E-state index in [1.54, 1.807) is 42.7 Å². The van der Waals surface area contributed by atoms with Gasteiger partial charge in [-0.15, -0.1) is 0 Å². The summed E-state index contributed by atoms with van der Waals surface area (Å²) in [4.78, 5) is 38.8. The third-order valence-electron chi connectivity index (χ3n) is 6.52. The molecule has 1 amide bonds. The molecule has 2 N–H and O–H groups in total. The largest absolute Gasteiger partial charge is 0.467 e. The average molecular weight is 588 g/mol. The second kappa shape index (κ2) is 12.5. The van der Waals surface area contributed by atoms with Crippen LogP contribution >= 0.6 is 0 Å². The monoisotopic (exact) mass is 587 g/mol. The van der Waals surface area contributed by atoms with Gasteiger partial charge in [0.25, 0.3) is 5.91 Å². The lowest BCUT2D eigenvalue weighted by Crippen LogP contribution is -2.43. The van der Waals surface area contributed by atoms with Gasteiger partial charge in [0.1, 0.15) is 29.3 Å². The quantitative estimate of drug-likeness (QED) is 0.196. The molecule has 0 fully saturated rings. The van der Waals surface area contributed by atoms with Crippen LogP contribution in [0.3, 0.4) is 0 Å². The van der Waals surface area contributed by atoms with Crippen molar-refractivity contribution in [2.24, 2.45) is 0 Å². The van der Waals surface area contributed by atoms with E-state index in [4.69, 9.17) is 4.74 Å². The van der Waals surface area contributed by atoms with Crippen LogP contribution in [0.5, 0.6) is 0 Å². The fourth-order valence-corrected chi connectivity index (χ4v) is 4.44. The van der Waals surface area contributed by atoms with Crippen LogP contribution in [0.15, 0.2) is 54.9 Å². The topological polar surface area (TPSA) is 106 Å². The van der Waals surface area contributed by atoms with Gasteiger partial charge in [0, 0.05) is 41.1 Å². The smallest absolute Gasteiger partial charge is 0.408 e. The number of benzene rings is 2. The number of hydrogen-bond donors (Lipinski definition) is 2. The highest BCUT2D eigenvalue weighted by atomic mass is 19.4. The van der Waals surface area contributed by atoms with E-state index in [1.807, 2.05) is 12.2 Å². The fourth-order valence-electron chi connectivity index (χ4n) is 4.44. The number of rotatable bonds is 9. The number of nitrogens with zero attached hydrogens (tertiary/aromatic N) is 3. The molecule has 0 aliphatic carbocycles. The predicted molar refractivity (Wildman–Crippen MR) is 145 cm³/mol. The van der Waals surface area contributed by atoms with E-state index in [0.717, 1.165) is 12.8 Å². The lowest BCUT2D eigenvalue weighted by Gasteiger charge is -2.22. The number of ether oxygens (including phenoxy) is 1. The minimum atomic E-state index is -4.66. The molecular weight excluding hydrogens is 561 g/mol. The number of halogens is 5. The first kappa shape index (κ1) is 30.3. The lowest BCUT2D eigenvalue weighted by molar-refractivity contribution is -0.143. The van der Waals surface area contributed by atoms with Crippen molar-refractivity contribution < 1.29 is 36.3 Å². The number of methoxy groups -OCH3 is 1. The van der Waals surface area contributed by atoms with E-state index in [9.17, 15) is 31.5 Å². The lowest BCUT2D eigenvalue weighted by atomic mass is 9.97. The Bertz CT molecular complexity index is 1610. The Morgan fingerprint density at radius 3 is 2.36 bits per heavy atom. The van der Waals surface area contributed by atoms with Crippen molar-refractivity contribution in [2.75, 3.05) is 12.4 Å². The first-order valence-corrected chi connectivity index (χ1v) is 12.8. The van der Waals surface area contributed by atoms with Gasteiger partial charge in [-0.2, -0.15) is 13.2 Å². The Morgan fingerprint density at radius 2 is 1.74 bits per heavy atom. The molecule has 2 aromatic carbocycles. The number of esters is 1. The number of anilines is 1. The van der Waals surface area contributed by atoms with Crippen LogP contribution in [-0.2, 0) is 16.0 Å². The van der Waals surface area contributed by atoms with Gasteiger partial charge in [0.2, 0.25) is 0 Å². The van der Waals surface area contributed by atoms with Crippen LogP contribution in [0.25, 0.3) is 22.3 Å². The van der Waals surface area contributed by atoms with E-state index >= 15 is 0 Å². The summed E-state index contributed by atoms with van der Waals surface area (Å²) in [6, 6.07) is 6.34. The van der Waals surface area contributed by atoms with E-state index in [1.165, 1.54) is 6.92 Å². The molecular formula is C29H26F5N5O3. The highest BCUT2D eigenvalue weighted by Gasteiger charge is 2.38. The van der Waals surface area contributed by atoms with Crippen molar-refractivity contribution in [1.82, 2.24) is 20.3 Å². The van der Waals surface area contributed by atoms with Gasteiger partial charge >= 0.3 is 12.1 Å². The molecule has 13 heteroatoms. The van der Waals surface area contributed by atoms with Crippen molar-refractivity contribution in [1.29, 1.82) is 0 Å². The normalized spacial score (nSPS) is 13.0. The summed E-state index contributed by atoms with van der Waals surface area (Å²) in [6.07, 6.45) is -1.99. The van der Waals surface area contributed by atoms with Crippen LogP contribution in [-0.4, -0.2) is 52.2 Å². The molecule has 2 aromatic heterocycles. The third kappa shape index (κ3) is 6.61. The van der Waals surface area contributed by atoms with Crippen LogP contribution in [0.2, 0.25) is 0 Å². The number of aryl methyl sites for hydroxylation is 1. The summed E-state index contributed by atoms with van der Waals surface area (Å²) in [7, 11) is 1.09. The number of aromatic nitrogens is 3. The number of fused-ring (bicyclic) bond motifs is 1. The van der Waals surface area contributed by atoms with Crippen molar-refractivity contribution >= 4 is 28.5 Å². The first-order valence-electron chi connectivity index (χ1n) is 12.8. The van der Waals surface area contributed by atoms with E-state index < -0.39 is 53.0 Å². The van der Waals surface area contributed by atoms with Gasteiger partial charge in [-0.1, -0.05) is 19.1 Å². The van der Waals surface area contributed by atoms with Gasteiger partial charge in [-0.05, 0) is 49.2 Å². The van der Waals surface area contributed by atoms with Crippen LogP contribution < -0.4 is 10.6 Å². The zero-order valence-corrected chi connectivity index (χ0v) is 22.7. The summed E-state index contributed by atoms with van der Waals surface area (Å²) in [5.74, 6) is -4.56. The Morgan fingerprint density at radius 1 is 1.02 bits per heavy atom. The number of alkyl halides is 3. The second-order valence-electron chi connectivity index (χ2n) is 9.41. The number of carbonyl (C=O) groups excluding carboxylic acids is 2. The molecule has 0 spiro atoms. The van der Waals surface area contributed by atoms with Crippen LogP contribution in [0, 0.1) is 18.6 Å². The molecule has 0 bridgehead atoms. The number of amides is 1. The Balaban J connectivity index is 1.63. The average Bonchev–Trinajstić information content (AvgIpc) is 2.94. The summed E-state index contributed by atoms with van der Waals surface area (Å²) in [5, 5.41) is 4.93. The summed E-state index contributed by atoms with van der Waals surface area (Å²) >= 11 is 0. The molecule has 0 aliphatic rings. The van der Waals surface area contributed by atoms with Crippen molar-refractivity contribution in [3.05, 3.63) is 83.3 Å². The molecule has 0 aliphatic heterocycles. The minimum absolute atomic E-state index is 0.137. The Hall–Kier alpha value is -4.68. The maximum atomic E-state index is 14.9. The molecule has 2 atom stereocenters. The molecule has 0 saturated carbocycles. The molecule has 0 radical (unpaired) electrons. The zero-order chi connectivity index (χ0) is 30.6. The fraction of sp³-hybridized carbons (Fsp3) is 0.276. The molecule has 4 aromatic rings. The molecule has 42 heavy (non-hydrogen) atoms. The summed E-state index contributed by atoms with van der Waals surface area (Å²) in [5.41, 5.74) is 0.907. The second-order valence-corrected chi connectivity index (χ2v) is 9.41. The SMILES string of the molecule is CC[C@@H](Nc1cc(F)c(C(=O)N[C@@H](Cc2ccc(-c3nccc(C)n3)c3ncccc23)C(=O)OC)c(F)c1)C(F)(F)F. The first-order chi connectivity index (χ1) is 19.9. The van der Waals surface area contributed by atoms with Crippen LogP contribution in [0.4, 0.5) is 27.6 Å². The van der Waals surface area contributed by atoms with E-state index in [0.29, 0.717) is 40.0 Å². The van der Waals surface area contributed by atoms with Crippen LogP contribution in [0.1, 0.15) is 35.0 Å². The van der Waals surface area contributed by atoms with Gasteiger partial charge in [0.15, 0.2) is 5.82 Å². The van der Waals surface area contributed by atoms with Gasteiger partial charge in [0.05, 0.1) is 12.6 Å². The summed E-state index contributed by atoms with van der Waals surface area (Å²) in [6.45, 7) is 3.08. The molecule has 8 nitrogen and oxygen atoms in total. The number of nitrogens with one attached hydrogen (secondary N) is 2. The summed E-state index contributed by atoms with van der Waals surface area (Å²) < 4.78 is 73.8. The molecule has 0 unspecified atom stereocenters. The molecule has 0 saturated heterocycles. The Kier molecular flexibility index (Phi) is 8.98. The zero-order valence-electron chi connectivity index (χ0n) is 22.7. The highest BCUT2D eigenvalue weighted by Crippen LogP contribution is 2.29. The maximum absolute atomic E-state index is 14.9. The number of pyridine rings is 1. The van der Waals surface area contributed by atoms with E-state index in [2.05, 4.69) is 20.3 Å². The van der Waals surface area contributed by atoms with Gasteiger partial charge < -0.3 is 15.4 Å². The van der Waals surface area contributed by atoms with Gasteiger partial charge in [-0.3, -0.25) is 9.78 Å². The van der Waals surface area contributed by atoms with Crippen molar-refractivity contribution in [3.63, 3.8) is 0 Å². The molecule has 2 heterocycles. The van der Waals surface area contributed by atoms with Crippen molar-refractivity contribution in [3.8, 4) is 11.4 Å². The maximum Gasteiger partial charge on any atom is 0.408 e. The standard InChI is InChI=1S/C29H26F5N5O3/c1-4-23(29(32,33)34)38-17-13-20(30)24(21(31)14-17)27(40)39-22(28(41)42-3)12-16-7-8-19(25-18(16)6-5-10-35-25)26-36-11-9-15(2)37-26/h5-11,13-14,22-23,38H,4,12H2,1-3H3,(H,39,40)/t22-,23+/m0/s1. The highest BCUT2D eigenvalue weighted by molar-refractivity contribution is 5.98. The Labute approximate surface area is 237 Å². The van der Waals surface area contributed by atoms with Gasteiger partial charge in [-0.25, -0.2) is 23.5 Å². The number of carbonyl (C=O) groups is 2.